The second-order valence-electron chi connectivity index (χ2n) is 12.6. The van der Waals surface area contributed by atoms with Gasteiger partial charge in [0.15, 0.2) is 5.82 Å². The van der Waals surface area contributed by atoms with E-state index < -0.39 is 0 Å². The number of fused-ring (bicyclic) bond motifs is 6. The normalized spacial score (nSPS) is 13.2. The monoisotopic (exact) mass is 606 g/mol. The molecule has 0 spiro atoms. The summed E-state index contributed by atoms with van der Waals surface area (Å²) >= 11 is 1.84. The van der Waals surface area contributed by atoms with Crippen molar-refractivity contribution in [2.45, 2.75) is 19.3 Å². The van der Waals surface area contributed by atoms with Gasteiger partial charge in [-0.05, 0) is 45.5 Å². The predicted octanol–water partition coefficient (Wildman–Crippen LogP) is 11.8. The molecule has 0 radical (unpaired) electrons. The van der Waals surface area contributed by atoms with Crippen molar-refractivity contribution >= 4 is 31.5 Å². The molecule has 2 aromatic heterocycles. The van der Waals surface area contributed by atoms with Crippen LogP contribution in [0.4, 0.5) is 0 Å². The highest BCUT2D eigenvalue weighted by Gasteiger charge is 2.37. The van der Waals surface area contributed by atoms with Crippen molar-refractivity contribution in [3.8, 4) is 56.2 Å². The van der Waals surface area contributed by atoms with Crippen LogP contribution in [0.3, 0.4) is 0 Å². The summed E-state index contributed by atoms with van der Waals surface area (Å²) in [5.41, 5.74) is 12.5. The van der Waals surface area contributed by atoms with Crippen molar-refractivity contribution in [3.05, 3.63) is 157 Å². The zero-order chi connectivity index (χ0) is 30.8. The molecule has 3 heteroatoms. The van der Waals surface area contributed by atoms with E-state index in [4.69, 9.17) is 9.97 Å². The Balaban J connectivity index is 1.35. The van der Waals surface area contributed by atoms with Crippen LogP contribution in [0.15, 0.2) is 146 Å². The Morgan fingerprint density at radius 3 is 1.91 bits per heavy atom. The van der Waals surface area contributed by atoms with Crippen LogP contribution in [0, 0.1) is 0 Å². The molecule has 2 heterocycles. The lowest BCUT2D eigenvalue weighted by atomic mass is 9.82. The minimum atomic E-state index is -0.106. The fourth-order valence-corrected chi connectivity index (χ4v) is 8.53. The fraction of sp³-hybridized carbons (Fsp3) is 0.0698. The Bertz CT molecular complexity index is 2450. The molecule has 0 fully saturated rings. The molecule has 46 heavy (non-hydrogen) atoms. The van der Waals surface area contributed by atoms with Crippen LogP contribution in [0.5, 0.6) is 0 Å². The van der Waals surface area contributed by atoms with Crippen LogP contribution in [0.25, 0.3) is 76.3 Å². The molecule has 0 atom stereocenters. The summed E-state index contributed by atoms with van der Waals surface area (Å²) in [4.78, 5) is 10.8. The van der Waals surface area contributed by atoms with Crippen LogP contribution in [-0.2, 0) is 5.41 Å². The second kappa shape index (κ2) is 10.3. The van der Waals surface area contributed by atoms with Gasteiger partial charge in [0.25, 0.3) is 0 Å². The number of thiophene rings is 1. The number of hydrogen-bond acceptors (Lipinski definition) is 3. The van der Waals surface area contributed by atoms with Crippen molar-refractivity contribution < 1.29 is 0 Å². The molecule has 9 rings (SSSR count). The van der Waals surface area contributed by atoms with E-state index in [1.807, 2.05) is 11.3 Å². The highest BCUT2D eigenvalue weighted by molar-refractivity contribution is 7.26. The molecule has 0 saturated carbocycles. The first kappa shape index (κ1) is 27.0. The average Bonchev–Trinajstić information content (AvgIpc) is 3.61. The highest BCUT2D eigenvalue weighted by atomic mass is 32.1. The molecular weight excluding hydrogens is 577 g/mol. The first-order valence-electron chi connectivity index (χ1n) is 15.8. The summed E-state index contributed by atoms with van der Waals surface area (Å²) in [6.45, 7) is 4.64. The van der Waals surface area contributed by atoms with E-state index in [0.717, 1.165) is 39.5 Å². The van der Waals surface area contributed by atoms with Gasteiger partial charge in [-0.15, -0.1) is 11.3 Å². The molecule has 0 unspecified atom stereocenters. The molecule has 1 aliphatic carbocycles. The minimum Gasteiger partial charge on any atom is -0.228 e. The van der Waals surface area contributed by atoms with E-state index >= 15 is 0 Å². The summed E-state index contributed by atoms with van der Waals surface area (Å²) < 4.78 is 2.54. The molecule has 2 nitrogen and oxygen atoms in total. The van der Waals surface area contributed by atoms with Crippen LogP contribution in [0.2, 0.25) is 0 Å². The standard InChI is InChI=1S/C43H30N2S/c1-43(2)35-23-10-8-19-32(35)40-34(22-13-24-36(40)43)42-44-37(29-17-7-6-16-28(29)27-14-4-3-5-15-27)26-38(45-42)33-21-12-20-31-30-18-9-11-25-39(30)46-41(31)33/h3-26H,1-2H3. The van der Waals surface area contributed by atoms with E-state index in [0.29, 0.717) is 0 Å². The smallest absolute Gasteiger partial charge is 0.161 e. The average molecular weight is 607 g/mol. The van der Waals surface area contributed by atoms with Gasteiger partial charge in [0.1, 0.15) is 0 Å². The Labute approximate surface area is 272 Å². The lowest BCUT2D eigenvalue weighted by Gasteiger charge is -2.21. The quantitative estimate of drug-likeness (QED) is 0.199. The largest absolute Gasteiger partial charge is 0.228 e. The molecular formula is C43H30N2S. The molecule has 0 saturated heterocycles. The predicted molar refractivity (Wildman–Crippen MR) is 194 cm³/mol. The van der Waals surface area contributed by atoms with Crippen molar-refractivity contribution in [2.24, 2.45) is 0 Å². The minimum absolute atomic E-state index is 0.106. The molecule has 0 bridgehead atoms. The summed E-state index contributed by atoms with van der Waals surface area (Å²) in [6.07, 6.45) is 0. The first-order chi connectivity index (χ1) is 22.6. The molecule has 0 amide bonds. The molecule has 218 valence electrons. The zero-order valence-electron chi connectivity index (χ0n) is 25.7. The summed E-state index contributed by atoms with van der Waals surface area (Å²) in [5.74, 6) is 0.748. The summed E-state index contributed by atoms with van der Waals surface area (Å²) in [6, 6.07) is 52.1. The Hall–Kier alpha value is -5.38. The third-order valence-electron chi connectivity index (χ3n) is 9.54. The van der Waals surface area contributed by atoms with Crippen LogP contribution < -0.4 is 0 Å². The van der Waals surface area contributed by atoms with E-state index in [1.54, 1.807) is 0 Å². The number of aromatic nitrogens is 2. The Kier molecular flexibility index (Phi) is 6.06. The van der Waals surface area contributed by atoms with Crippen LogP contribution >= 0.6 is 11.3 Å². The molecule has 8 aromatic rings. The van der Waals surface area contributed by atoms with Gasteiger partial charge < -0.3 is 0 Å². The Morgan fingerprint density at radius 2 is 1.07 bits per heavy atom. The topological polar surface area (TPSA) is 25.8 Å². The van der Waals surface area contributed by atoms with Crippen molar-refractivity contribution in [1.82, 2.24) is 9.97 Å². The van der Waals surface area contributed by atoms with E-state index in [9.17, 15) is 0 Å². The third-order valence-corrected chi connectivity index (χ3v) is 10.8. The van der Waals surface area contributed by atoms with Gasteiger partial charge in [-0.2, -0.15) is 0 Å². The van der Waals surface area contributed by atoms with Crippen molar-refractivity contribution in [1.29, 1.82) is 0 Å². The second-order valence-corrected chi connectivity index (χ2v) is 13.6. The number of benzene rings is 6. The summed E-state index contributed by atoms with van der Waals surface area (Å²) in [7, 11) is 0. The molecule has 0 aliphatic heterocycles. The van der Waals surface area contributed by atoms with E-state index in [2.05, 4.69) is 159 Å². The number of hydrogen-bond donors (Lipinski definition) is 0. The Morgan fingerprint density at radius 1 is 0.478 bits per heavy atom. The van der Waals surface area contributed by atoms with Crippen molar-refractivity contribution in [3.63, 3.8) is 0 Å². The SMILES string of the molecule is CC1(C)c2ccccc2-c2c(-c3nc(-c4ccccc4-c4ccccc4)cc(-c4cccc5c4sc4ccccc45)n3)cccc21. The lowest BCUT2D eigenvalue weighted by Crippen LogP contribution is -2.14. The molecule has 1 aliphatic rings. The number of rotatable bonds is 4. The van der Waals surface area contributed by atoms with E-state index in [-0.39, 0.29) is 5.41 Å². The highest BCUT2D eigenvalue weighted by Crippen LogP contribution is 2.52. The maximum atomic E-state index is 5.42. The summed E-state index contributed by atoms with van der Waals surface area (Å²) in [5, 5.41) is 2.55. The van der Waals surface area contributed by atoms with Crippen molar-refractivity contribution in [2.75, 3.05) is 0 Å². The first-order valence-corrected chi connectivity index (χ1v) is 16.6. The van der Waals surface area contributed by atoms with Gasteiger partial charge in [0.2, 0.25) is 0 Å². The van der Waals surface area contributed by atoms with Gasteiger partial charge in [-0.1, -0.05) is 147 Å². The van der Waals surface area contributed by atoms with Crippen LogP contribution in [-0.4, -0.2) is 9.97 Å². The van der Waals surface area contributed by atoms with Gasteiger partial charge in [-0.3, -0.25) is 0 Å². The molecule has 0 N–H and O–H groups in total. The van der Waals surface area contributed by atoms with Gasteiger partial charge in [-0.25, -0.2) is 9.97 Å². The van der Waals surface area contributed by atoms with Gasteiger partial charge in [0, 0.05) is 42.3 Å². The fourth-order valence-electron chi connectivity index (χ4n) is 7.31. The van der Waals surface area contributed by atoms with Crippen LogP contribution in [0.1, 0.15) is 25.0 Å². The lowest BCUT2D eigenvalue weighted by molar-refractivity contribution is 0.660. The van der Waals surface area contributed by atoms with E-state index in [1.165, 1.54) is 48.0 Å². The van der Waals surface area contributed by atoms with Gasteiger partial charge in [0.05, 0.1) is 11.4 Å². The maximum Gasteiger partial charge on any atom is 0.161 e. The zero-order valence-corrected chi connectivity index (χ0v) is 26.5. The van der Waals surface area contributed by atoms with Gasteiger partial charge >= 0.3 is 0 Å². The molecule has 6 aromatic carbocycles. The third kappa shape index (κ3) is 4.09. The maximum absolute atomic E-state index is 5.42. The number of nitrogens with zero attached hydrogens (tertiary/aromatic N) is 2.